The summed E-state index contributed by atoms with van der Waals surface area (Å²) in [5, 5.41) is 4.14. The molecule has 1 fully saturated rings. The van der Waals surface area contributed by atoms with Crippen LogP contribution in [0.2, 0.25) is 10.0 Å². The van der Waals surface area contributed by atoms with Crippen LogP contribution < -0.4 is 9.62 Å². The second-order valence-electron chi connectivity index (χ2n) is 10.9. The summed E-state index contributed by atoms with van der Waals surface area (Å²) in [6.07, 6.45) is 6.35. The van der Waals surface area contributed by atoms with Crippen molar-refractivity contribution >= 4 is 50.7 Å². The lowest BCUT2D eigenvalue weighted by Gasteiger charge is -2.35. The lowest BCUT2D eigenvalue weighted by Crippen LogP contribution is -2.55. The summed E-state index contributed by atoms with van der Waals surface area (Å²) in [5.74, 6) is -0.757. The zero-order valence-corrected chi connectivity index (χ0v) is 26.3. The molecule has 3 aromatic rings. The van der Waals surface area contributed by atoms with Gasteiger partial charge in [0.1, 0.15) is 12.6 Å². The molecule has 3 aromatic carbocycles. The van der Waals surface area contributed by atoms with Crippen molar-refractivity contribution in [2.45, 2.75) is 64.1 Å². The molecule has 0 heterocycles. The summed E-state index contributed by atoms with van der Waals surface area (Å²) in [5.41, 5.74) is 2.51. The number of halogens is 2. The molecule has 1 N–H and O–H groups in total. The number of carbonyl (C=O) groups is 2. The first-order valence-electron chi connectivity index (χ1n) is 14.1. The van der Waals surface area contributed by atoms with Crippen LogP contribution in [0.15, 0.2) is 72.8 Å². The number of hydrogen-bond acceptors (Lipinski definition) is 4. The van der Waals surface area contributed by atoms with E-state index in [1.807, 2.05) is 30.3 Å². The third-order valence-electron chi connectivity index (χ3n) is 7.68. The first-order chi connectivity index (χ1) is 20.0. The molecule has 0 saturated heterocycles. The van der Waals surface area contributed by atoms with Crippen LogP contribution in [0.4, 0.5) is 5.69 Å². The van der Waals surface area contributed by atoms with Gasteiger partial charge in [0.15, 0.2) is 0 Å². The number of amides is 2. The average molecular weight is 631 g/mol. The highest BCUT2D eigenvalue weighted by Crippen LogP contribution is 2.29. The van der Waals surface area contributed by atoms with Gasteiger partial charge in [0.2, 0.25) is 21.8 Å². The van der Waals surface area contributed by atoms with Crippen LogP contribution in [0.5, 0.6) is 0 Å². The molecule has 0 bridgehead atoms. The Hall–Kier alpha value is -3.07. The molecule has 0 aromatic heterocycles. The summed E-state index contributed by atoms with van der Waals surface area (Å²) in [4.78, 5) is 29.7. The van der Waals surface area contributed by atoms with Crippen LogP contribution in [0, 0.1) is 6.92 Å². The van der Waals surface area contributed by atoms with E-state index in [1.165, 1.54) is 4.90 Å². The van der Waals surface area contributed by atoms with E-state index in [-0.39, 0.29) is 24.9 Å². The van der Waals surface area contributed by atoms with E-state index in [4.69, 9.17) is 23.2 Å². The number of nitrogens with zero attached hydrogens (tertiary/aromatic N) is 2. The molecule has 1 saturated carbocycles. The molecule has 0 spiro atoms. The zero-order chi connectivity index (χ0) is 30.3. The Kier molecular flexibility index (Phi) is 10.9. The molecule has 0 aliphatic heterocycles. The molecule has 4 rings (SSSR count). The number of hydrogen-bond donors (Lipinski definition) is 1. The maximum atomic E-state index is 14.3. The number of carbonyl (C=O) groups excluding carboxylic acids is 2. The monoisotopic (exact) mass is 629 g/mol. The summed E-state index contributed by atoms with van der Waals surface area (Å²) >= 11 is 12.4. The molecule has 7 nitrogen and oxygen atoms in total. The highest BCUT2D eigenvalue weighted by molar-refractivity contribution is 7.92. The summed E-state index contributed by atoms with van der Waals surface area (Å²) in [6.45, 7) is 1.31. The number of sulfonamides is 1. The van der Waals surface area contributed by atoms with Crippen molar-refractivity contribution < 1.29 is 18.0 Å². The smallest absolute Gasteiger partial charge is 0.244 e. The Morgan fingerprint density at radius 2 is 1.57 bits per heavy atom. The van der Waals surface area contributed by atoms with E-state index in [0.717, 1.165) is 53.8 Å². The van der Waals surface area contributed by atoms with Crippen LogP contribution >= 0.6 is 23.2 Å². The minimum absolute atomic E-state index is 0.0404. The number of benzene rings is 3. The minimum atomic E-state index is -3.88. The largest absolute Gasteiger partial charge is 0.352 e. The third kappa shape index (κ3) is 8.49. The van der Waals surface area contributed by atoms with E-state index in [1.54, 1.807) is 49.4 Å². The van der Waals surface area contributed by atoms with Gasteiger partial charge in [-0.3, -0.25) is 13.9 Å². The van der Waals surface area contributed by atoms with Gasteiger partial charge in [0.25, 0.3) is 0 Å². The molecule has 224 valence electrons. The van der Waals surface area contributed by atoms with Crippen molar-refractivity contribution in [2.75, 3.05) is 17.1 Å². The van der Waals surface area contributed by atoms with Gasteiger partial charge >= 0.3 is 0 Å². The van der Waals surface area contributed by atoms with E-state index >= 15 is 0 Å². The van der Waals surface area contributed by atoms with Gasteiger partial charge in [-0.25, -0.2) is 8.42 Å². The Bertz CT molecular complexity index is 1480. The number of rotatable bonds is 11. The normalized spacial score (nSPS) is 14.7. The summed E-state index contributed by atoms with van der Waals surface area (Å²) in [6, 6.07) is 20.7. The van der Waals surface area contributed by atoms with E-state index in [9.17, 15) is 18.0 Å². The maximum Gasteiger partial charge on any atom is 0.244 e. The maximum absolute atomic E-state index is 14.3. The van der Waals surface area contributed by atoms with Gasteiger partial charge in [-0.1, -0.05) is 91.0 Å². The summed E-state index contributed by atoms with van der Waals surface area (Å²) < 4.78 is 27.1. The van der Waals surface area contributed by atoms with E-state index in [2.05, 4.69) is 5.32 Å². The fraction of sp³-hybridized carbons (Fsp3) is 0.375. The van der Waals surface area contributed by atoms with Crippen LogP contribution in [0.25, 0.3) is 0 Å². The first kappa shape index (κ1) is 31.9. The fourth-order valence-corrected chi connectivity index (χ4v) is 6.54. The molecule has 1 aliphatic rings. The van der Waals surface area contributed by atoms with Gasteiger partial charge in [-0.2, -0.15) is 0 Å². The van der Waals surface area contributed by atoms with Gasteiger partial charge < -0.3 is 10.2 Å². The molecule has 10 heteroatoms. The fourth-order valence-electron chi connectivity index (χ4n) is 5.35. The molecule has 0 radical (unpaired) electrons. The van der Waals surface area contributed by atoms with Gasteiger partial charge in [0.05, 0.1) is 11.9 Å². The predicted molar refractivity (Wildman–Crippen MR) is 169 cm³/mol. The number of anilines is 1. The van der Waals surface area contributed by atoms with Crippen molar-refractivity contribution in [2.24, 2.45) is 0 Å². The number of nitrogens with one attached hydrogen (secondary N) is 1. The Morgan fingerprint density at radius 1 is 0.905 bits per heavy atom. The van der Waals surface area contributed by atoms with Gasteiger partial charge in [0, 0.05) is 29.1 Å². The molecule has 0 unspecified atom stereocenters. The van der Waals surface area contributed by atoms with Crippen molar-refractivity contribution in [3.05, 3.63) is 99.5 Å². The third-order valence-corrected chi connectivity index (χ3v) is 9.46. The lowest BCUT2D eigenvalue weighted by atomic mass is 9.94. The van der Waals surface area contributed by atoms with Gasteiger partial charge in [-0.15, -0.1) is 0 Å². The topological polar surface area (TPSA) is 86.8 Å². The molecule has 1 aliphatic carbocycles. The summed E-state index contributed by atoms with van der Waals surface area (Å²) in [7, 11) is -3.88. The van der Waals surface area contributed by atoms with Crippen LogP contribution in [-0.2, 0) is 32.6 Å². The molecular formula is C32H37Cl2N3O4S. The Morgan fingerprint density at radius 3 is 2.21 bits per heavy atom. The van der Waals surface area contributed by atoms with Crippen LogP contribution in [0.1, 0.15) is 48.8 Å². The van der Waals surface area contributed by atoms with Gasteiger partial charge in [-0.05, 0) is 60.7 Å². The predicted octanol–water partition coefficient (Wildman–Crippen LogP) is 6.16. The van der Waals surface area contributed by atoms with Crippen molar-refractivity contribution in [3.8, 4) is 0 Å². The zero-order valence-electron chi connectivity index (χ0n) is 23.9. The minimum Gasteiger partial charge on any atom is -0.352 e. The second-order valence-corrected chi connectivity index (χ2v) is 13.6. The highest BCUT2D eigenvalue weighted by Gasteiger charge is 2.34. The van der Waals surface area contributed by atoms with Crippen LogP contribution in [0.3, 0.4) is 0 Å². The highest BCUT2D eigenvalue weighted by atomic mass is 35.5. The quantitative estimate of drug-likeness (QED) is 0.275. The van der Waals surface area contributed by atoms with Crippen molar-refractivity contribution in [3.63, 3.8) is 0 Å². The first-order valence-corrected chi connectivity index (χ1v) is 16.7. The standard InChI is InChI=1S/C32H37Cl2N3O4S/c1-23-28(34)14-9-15-29(23)37(42(2,40)41)22-31(38)36(21-25-16-18-26(33)19-17-25)30(20-24-10-5-3-6-11-24)32(39)35-27-12-7-4-8-13-27/h3,5-6,9-11,14-19,27,30H,4,7-8,12-13,20-22H2,1-2H3,(H,35,39)/t30-/m0/s1. The second kappa shape index (κ2) is 14.4. The average Bonchev–Trinajstić information content (AvgIpc) is 2.96. The lowest BCUT2D eigenvalue weighted by molar-refractivity contribution is -0.140. The van der Waals surface area contributed by atoms with Crippen LogP contribution in [-0.4, -0.2) is 50.0 Å². The van der Waals surface area contributed by atoms with E-state index in [0.29, 0.717) is 21.3 Å². The molecule has 1 atom stereocenters. The molecule has 2 amide bonds. The molecular weight excluding hydrogens is 593 g/mol. The Balaban J connectivity index is 1.73. The Labute approximate surface area is 258 Å². The van der Waals surface area contributed by atoms with Crippen molar-refractivity contribution in [1.29, 1.82) is 0 Å². The van der Waals surface area contributed by atoms with E-state index < -0.39 is 28.5 Å². The SMILES string of the molecule is Cc1c(Cl)cccc1N(CC(=O)N(Cc1ccc(Cl)cc1)[C@@H](Cc1ccccc1)C(=O)NC1CCCCC1)S(C)(=O)=O. The van der Waals surface area contributed by atoms with Crippen molar-refractivity contribution in [1.82, 2.24) is 10.2 Å². The molecule has 42 heavy (non-hydrogen) atoms.